The van der Waals surface area contributed by atoms with E-state index in [1.165, 1.54) is 6.42 Å². The van der Waals surface area contributed by atoms with Gasteiger partial charge in [-0.1, -0.05) is 47.8 Å². The number of rotatable bonds is 1. The van der Waals surface area contributed by atoms with Gasteiger partial charge in [0, 0.05) is 0 Å². The molecule has 1 atom stereocenters. The highest BCUT2D eigenvalue weighted by molar-refractivity contribution is 6.99. The zero-order chi connectivity index (χ0) is 8.12. The fourth-order valence-electron chi connectivity index (χ4n) is 0. The maximum Gasteiger partial charge on any atom is 0.0606 e. The summed E-state index contributed by atoms with van der Waals surface area (Å²) >= 11 is 0. The van der Waals surface area contributed by atoms with E-state index in [9.17, 15) is 0 Å². The predicted molar refractivity (Wildman–Crippen MR) is 61.7 cm³/mol. The molecule has 0 aromatic rings. The summed E-state index contributed by atoms with van der Waals surface area (Å²) in [6.45, 7) is 12.2. The Kier molecular flexibility index (Phi) is 124. The second-order valence-corrected chi connectivity index (χ2v) is 1.37. The number of hydrogen-bond acceptors (Lipinski definition) is 0. The zero-order valence-electron chi connectivity index (χ0n) is 8.57. The molecule has 0 N–H and O–H groups in total. The lowest BCUT2D eigenvalue weighted by atomic mass is 9.43. The van der Waals surface area contributed by atoms with Gasteiger partial charge < -0.3 is 0 Å². The van der Waals surface area contributed by atoms with E-state index in [-0.39, 0.29) is 9.90 Å². The van der Waals surface area contributed by atoms with Gasteiger partial charge in [-0.3, -0.25) is 0 Å². The lowest BCUT2D eigenvalue weighted by molar-refractivity contribution is 1.09. The third-order valence-electron chi connectivity index (χ3n) is 0.333. The van der Waals surface area contributed by atoms with E-state index in [4.69, 9.17) is 0 Å². The summed E-state index contributed by atoms with van der Waals surface area (Å²) < 4.78 is 0. The monoisotopic (exact) mass is 160 g/mol. The molecule has 0 aromatic carbocycles. The van der Waals surface area contributed by atoms with Crippen molar-refractivity contribution >= 4 is 24.2 Å². The maximum atomic E-state index is 2.12. The zero-order valence-corrected chi connectivity index (χ0v) is 9.98. The Morgan fingerprint density at radius 1 is 0.900 bits per heavy atom. The van der Waals surface area contributed by atoms with Crippen LogP contribution >= 0.6 is 9.90 Å². The molecule has 0 fully saturated rings. The van der Waals surface area contributed by atoms with Crippen molar-refractivity contribution in [2.24, 2.45) is 0 Å². The van der Waals surface area contributed by atoms with E-state index in [1.807, 2.05) is 41.8 Å². The molecule has 0 spiro atoms. The minimum Gasteiger partial charge on any atom is -0.153 e. The van der Waals surface area contributed by atoms with Gasteiger partial charge in [0.05, 0.1) is 14.3 Å². The van der Waals surface area contributed by atoms with Crippen molar-refractivity contribution in [2.75, 3.05) is 0 Å². The first-order valence-corrected chi connectivity index (χ1v) is 3.90. The Morgan fingerprint density at radius 3 is 1.00 bits per heavy atom. The molecule has 1 unspecified atom stereocenters. The minimum absolute atomic E-state index is 0. The molecule has 0 aliphatic carbocycles. The first-order valence-electron chi connectivity index (χ1n) is 3.90. The van der Waals surface area contributed by atoms with Crippen LogP contribution in [0.3, 0.4) is 0 Å². The molecule has 2 radical (unpaired) electrons. The average molecular weight is 160 g/mol. The summed E-state index contributed by atoms with van der Waals surface area (Å²) in [5.74, 6) is 0. The molecule has 0 saturated carbocycles. The van der Waals surface area contributed by atoms with Crippen LogP contribution in [0, 0.1) is 0 Å². The SMILES string of the molecule is CC.CCC.C[B][B]C.P. The Hall–Kier alpha value is 0.560. The summed E-state index contributed by atoms with van der Waals surface area (Å²) in [5, 5.41) is 0. The van der Waals surface area contributed by atoms with E-state index < -0.39 is 0 Å². The summed E-state index contributed by atoms with van der Waals surface area (Å²) in [5.41, 5.74) is 0. The minimum atomic E-state index is 0. The fourth-order valence-corrected chi connectivity index (χ4v) is 0. The van der Waals surface area contributed by atoms with Gasteiger partial charge in [-0.25, -0.2) is 0 Å². The van der Waals surface area contributed by atoms with E-state index in [1.54, 1.807) is 0 Å². The lowest BCUT2D eigenvalue weighted by Gasteiger charge is -1.60. The normalized spacial score (nSPS) is 4.60. The fraction of sp³-hybridized carbons (Fsp3) is 1.00. The summed E-state index contributed by atoms with van der Waals surface area (Å²) in [6.07, 6.45) is 1.25. The Morgan fingerprint density at radius 2 is 1.00 bits per heavy atom. The lowest BCUT2D eigenvalue weighted by Crippen LogP contribution is -1.86. The van der Waals surface area contributed by atoms with Crippen molar-refractivity contribution in [2.45, 2.75) is 47.8 Å². The molecule has 0 bridgehead atoms. The largest absolute Gasteiger partial charge is 0.153 e. The van der Waals surface area contributed by atoms with Gasteiger partial charge in [0.25, 0.3) is 0 Å². The molecule has 0 amide bonds. The van der Waals surface area contributed by atoms with Gasteiger partial charge in [-0.05, 0) is 0 Å². The van der Waals surface area contributed by atoms with Crippen molar-refractivity contribution < 1.29 is 0 Å². The molecule has 10 heavy (non-hydrogen) atoms. The molecular weight excluding hydrogens is 137 g/mol. The third-order valence-corrected chi connectivity index (χ3v) is 0.333. The van der Waals surface area contributed by atoms with Crippen LogP contribution in [0.5, 0.6) is 0 Å². The van der Waals surface area contributed by atoms with Crippen molar-refractivity contribution in [3.63, 3.8) is 0 Å². The van der Waals surface area contributed by atoms with Gasteiger partial charge >= 0.3 is 0 Å². The van der Waals surface area contributed by atoms with Gasteiger partial charge in [0.15, 0.2) is 0 Å². The molecule has 0 aliphatic rings. The molecule has 0 aromatic heterocycles. The van der Waals surface area contributed by atoms with Crippen LogP contribution in [-0.4, -0.2) is 14.3 Å². The van der Waals surface area contributed by atoms with Crippen molar-refractivity contribution in [3.8, 4) is 0 Å². The van der Waals surface area contributed by atoms with E-state index in [0.29, 0.717) is 0 Å². The number of hydrogen-bond donors (Lipinski definition) is 0. The predicted octanol–water partition coefficient (Wildman–Crippen LogP) is 2.91. The summed E-state index contributed by atoms with van der Waals surface area (Å²) in [6, 6.07) is 0. The van der Waals surface area contributed by atoms with Gasteiger partial charge in [-0.15, -0.1) is 0 Å². The van der Waals surface area contributed by atoms with Crippen molar-refractivity contribution in [1.29, 1.82) is 0 Å². The standard InChI is InChI=1S/C3H8.C2H6B2.C2H6.H3P/c1-3-2;1-3-4-2;1-2;/h3H2,1-2H3;1-2H3;1-2H3;1H3. The average Bonchev–Trinajstić information content (AvgIpc) is 1.94. The van der Waals surface area contributed by atoms with Crippen LogP contribution in [0.4, 0.5) is 0 Å². The van der Waals surface area contributed by atoms with Crippen LogP contribution in [0.1, 0.15) is 34.1 Å². The van der Waals surface area contributed by atoms with Crippen LogP contribution in [0.15, 0.2) is 0 Å². The topological polar surface area (TPSA) is 0 Å². The van der Waals surface area contributed by atoms with Crippen LogP contribution < -0.4 is 0 Å². The highest BCUT2D eigenvalue weighted by atomic mass is 31.0. The molecule has 0 rings (SSSR count). The van der Waals surface area contributed by atoms with Crippen LogP contribution in [0.2, 0.25) is 13.6 Å². The molecule has 0 saturated heterocycles. The van der Waals surface area contributed by atoms with Crippen molar-refractivity contribution in [3.05, 3.63) is 0 Å². The highest BCUT2D eigenvalue weighted by Gasteiger charge is 1.64. The third kappa shape index (κ3) is 201. The molecule has 62 valence electrons. The van der Waals surface area contributed by atoms with Gasteiger partial charge in [-0.2, -0.15) is 9.90 Å². The molecular formula is C7H23B2P. The smallest absolute Gasteiger partial charge is 0.0606 e. The molecule has 0 aliphatic heterocycles. The second-order valence-electron chi connectivity index (χ2n) is 1.37. The highest BCUT2D eigenvalue weighted by Crippen LogP contribution is 1.56. The van der Waals surface area contributed by atoms with Crippen LogP contribution in [0.25, 0.3) is 0 Å². The quantitative estimate of drug-likeness (QED) is 0.408. The van der Waals surface area contributed by atoms with Gasteiger partial charge in [0.2, 0.25) is 0 Å². The molecule has 0 heterocycles. The Balaban J connectivity index is -0.0000000273. The first-order chi connectivity index (χ1) is 4.33. The molecule has 0 nitrogen and oxygen atoms in total. The second kappa shape index (κ2) is 55.3. The summed E-state index contributed by atoms with van der Waals surface area (Å²) in [7, 11) is 4.00. The van der Waals surface area contributed by atoms with Gasteiger partial charge in [0.1, 0.15) is 0 Å². The van der Waals surface area contributed by atoms with Crippen molar-refractivity contribution in [1.82, 2.24) is 0 Å². The molecule has 3 heteroatoms. The Bertz CT molecular complexity index is 19.1. The van der Waals surface area contributed by atoms with E-state index in [0.717, 1.165) is 0 Å². The summed E-state index contributed by atoms with van der Waals surface area (Å²) in [4.78, 5) is 0. The maximum absolute atomic E-state index is 2.12. The van der Waals surface area contributed by atoms with E-state index >= 15 is 0 Å². The van der Waals surface area contributed by atoms with E-state index in [2.05, 4.69) is 13.8 Å². The van der Waals surface area contributed by atoms with Crippen LogP contribution in [-0.2, 0) is 0 Å². The first kappa shape index (κ1) is 22.4. The Labute approximate surface area is 72.6 Å².